The summed E-state index contributed by atoms with van der Waals surface area (Å²) in [7, 11) is 1.99. The first-order chi connectivity index (χ1) is 11.0. The molecule has 1 saturated heterocycles. The molecule has 1 aliphatic heterocycles. The zero-order valence-corrected chi connectivity index (χ0v) is 14.8. The molecule has 1 unspecified atom stereocenters. The molecule has 2 rings (SSSR count). The molecule has 0 aromatic rings. The summed E-state index contributed by atoms with van der Waals surface area (Å²) in [6.45, 7) is 7.31. The average molecular weight is 325 g/mol. The van der Waals surface area contributed by atoms with E-state index in [0.29, 0.717) is 26.2 Å². The maximum atomic E-state index is 13.0. The Kier molecular flexibility index (Phi) is 6.41. The van der Waals surface area contributed by atoms with Crippen molar-refractivity contribution in [1.29, 1.82) is 0 Å². The van der Waals surface area contributed by atoms with Gasteiger partial charge in [-0.3, -0.25) is 9.59 Å². The van der Waals surface area contributed by atoms with E-state index in [1.54, 1.807) is 0 Å². The van der Waals surface area contributed by atoms with Gasteiger partial charge in [0.2, 0.25) is 5.91 Å². The van der Waals surface area contributed by atoms with Crippen LogP contribution in [-0.4, -0.2) is 73.1 Å². The molecule has 6 heteroatoms. The molecule has 0 radical (unpaired) electrons. The predicted molar refractivity (Wildman–Crippen MR) is 89.1 cm³/mol. The molecular formula is C17H31N3O3. The maximum Gasteiger partial charge on any atom is 0.251 e. The van der Waals surface area contributed by atoms with Crippen LogP contribution in [0, 0.1) is 0 Å². The first-order valence-corrected chi connectivity index (χ1v) is 8.94. The first kappa shape index (κ1) is 18.2. The van der Waals surface area contributed by atoms with Crippen molar-refractivity contribution in [2.45, 2.75) is 57.6 Å². The van der Waals surface area contributed by atoms with Crippen LogP contribution < -0.4 is 5.32 Å². The summed E-state index contributed by atoms with van der Waals surface area (Å²) in [6.07, 6.45) is 4.09. The van der Waals surface area contributed by atoms with Crippen LogP contribution in [0.4, 0.5) is 0 Å². The Hall–Kier alpha value is -1.14. The highest BCUT2D eigenvalue weighted by molar-refractivity contribution is 5.93. The second-order valence-corrected chi connectivity index (χ2v) is 6.73. The molecule has 1 heterocycles. The quantitative estimate of drug-likeness (QED) is 0.819. The fourth-order valence-corrected chi connectivity index (χ4v) is 3.61. The van der Waals surface area contributed by atoms with E-state index in [4.69, 9.17) is 4.74 Å². The van der Waals surface area contributed by atoms with Crippen molar-refractivity contribution < 1.29 is 14.3 Å². The van der Waals surface area contributed by atoms with E-state index in [2.05, 4.69) is 10.2 Å². The second-order valence-electron chi connectivity index (χ2n) is 6.73. The number of nitrogens with zero attached hydrogens (tertiary/aromatic N) is 2. The fourth-order valence-electron chi connectivity index (χ4n) is 3.61. The van der Waals surface area contributed by atoms with Crippen molar-refractivity contribution >= 4 is 11.8 Å². The van der Waals surface area contributed by atoms with Crippen LogP contribution in [0.15, 0.2) is 0 Å². The Labute approximate surface area is 139 Å². The number of nitrogens with one attached hydrogen (secondary N) is 1. The Morgan fingerprint density at radius 2 is 1.87 bits per heavy atom. The lowest BCUT2D eigenvalue weighted by molar-refractivity contribution is -0.149. The number of hydrogen-bond acceptors (Lipinski definition) is 4. The number of hydrogen-bond donors (Lipinski definition) is 1. The topological polar surface area (TPSA) is 61.9 Å². The van der Waals surface area contributed by atoms with Gasteiger partial charge in [0.15, 0.2) is 0 Å². The van der Waals surface area contributed by atoms with Gasteiger partial charge in [-0.1, -0.05) is 19.3 Å². The minimum atomic E-state index is -0.735. The van der Waals surface area contributed by atoms with Gasteiger partial charge in [0, 0.05) is 26.2 Å². The van der Waals surface area contributed by atoms with Crippen LogP contribution in [0.5, 0.6) is 0 Å². The van der Waals surface area contributed by atoms with E-state index in [0.717, 1.165) is 38.6 Å². The van der Waals surface area contributed by atoms with Gasteiger partial charge in [-0.2, -0.15) is 0 Å². The van der Waals surface area contributed by atoms with Crippen molar-refractivity contribution in [3.63, 3.8) is 0 Å². The molecular weight excluding hydrogens is 294 g/mol. The molecule has 1 atom stereocenters. The number of likely N-dealkylation sites (N-methyl/N-ethyl adjacent to an activating group) is 2. The molecule has 132 valence electrons. The van der Waals surface area contributed by atoms with Crippen LogP contribution >= 0.6 is 0 Å². The molecule has 1 aliphatic carbocycles. The summed E-state index contributed by atoms with van der Waals surface area (Å²) >= 11 is 0. The summed E-state index contributed by atoms with van der Waals surface area (Å²) in [5.41, 5.74) is -0.735. The third-order valence-electron chi connectivity index (χ3n) is 5.09. The minimum Gasteiger partial charge on any atom is -0.366 e. The predicted octanol–water partition coefficient (Wildman–Crippen LogP) is 1.00. The standard InChI is InChI=1S/C17H31N3O3/c1-4-20(5-2)16(22)17(9-7-6-8-10-17)18-15(21)14-13-19(3)11-12-23-14/h14H,4-13H2,1-3H3,(H,18,21). The molecule has 6 nitrogen and oxygen atoms in total. The van der Waals surface area contributed by atoms with Crippen LogP contribution in [0.2, 0.25) is 0 Å². The molecule has 2 amide bonds. The van der Waals surface area contributed by atoms with Crippen LogP contribution in [0.3, 0.4) is 0 Å². The zero-order chi connectivity index (χ0) is 16.9. The molecule has 2 fully saturated rings. The van der Waals surface area contributed by atoms with E-state index < -0.39 is 11.6 Å². The highest BCUT2D eigenvalue weighted by atomic mass is 16.5. The van der Waals surface area contributed by atoms with Gasteiger partial charge in [0.25, 0.3) is 5.91 Å². The van der Waals surface area contributed by atoms with Gasteiger partial charge in [-0.25, -0.2) is 0 Å². The van der Waals surface area contributed by atoms with E-state index >= 15 is 0 Å². The van der Waals surface area contributed by atoms with Crippen LogP contribution in [0.1, 0.15) is 46.0 Å². The monoisotopic (exact) mass is 325 g/mol. The number of carbonyl (C=O) groups is 2. The highest BCUT2D eigenvalue weighted by Crippen LogP contribution is 2.30. The number of rotatable bonds is 5. The van der Waals surface area contributed by atoms with Gasteiger partial charge in [0.05, 0.1) is 6.61 Å². The van der Waals surface area contributed by atoms with Crippen molar-refractivity contribution in [3.05, 3.63) is 0 Å². The Morgan fingerprint density at radius 1 is 1.22 bits per heavy atom. The lowest BCUT2D eigenvalue weighted by atomic mass is 9.80. The smallest absolute Gasteiger partial charge is 0.251 e. The molecule has 0 aromatic carbocycles. The number of morpholine rings is 1. The van der Waals surface area contributed by atoms with Gasteiger partial charge in [0.1, 0.15) is 11.6 Å². The largest absolute Gasteiger partial charge is 0.366 e. The third kappa shape index (κ3) is 4.23. The molecule has 0 spiro atoms. The van der Waals surface area contributed by atoms with Crippen molar-refractivity contribution in [2.24, 2.45) is 0 Å². The van der Waals surface area contributed by atoms with Gasteiger partial charge in [-0.15, -0.1) is 0 Å². The van der Waals surface area contributed by atoms with Gasteiger partial charge in [-0.05, 0) is 33.7 Å². The lowest BCUT2D eigenvalue weighted by Gasteiger charge is -2.41. The number of amides is 2. The van der Waals surface area contributed by atoms with Gasteiger partial charge < -0.3 is 19.9 Å². The van der Waals surface area contributed by atoms with Crippen molar-refractivity contribution in [2.75, 3.05) is 39.8 Å². The molecule has 1 saturated carbocycles. The summed E-state index contributed by atoms with van der Waals surface area (Å²) in [5, 5.41) is 3.09. The van der Waals surface area contributed by atoms with Gasteiger partial charge >= 0.3 is 0 Å². The fraction of sp³-hybridized carbons (Fsp3) is 0.882. The van der Waals surface area contributed by atoms with Crippen molar-refractivity contribution in [3.8, 4) is 0 Å². The number of ether oxygens (including phenoxy) is 1. The molecule has 23 heavy (non-hydrogen) atoms. The van der Waals surface area contributed by atoms with Crippen molar-refractivity contribution in [1.82, 2.24) is 15.1 Å². The molecule has 0 aromatic heterocycles. The molecule has 2 aliphatic rings. The Bertz CT molecular complexity index is 417. The second kappa shape index (κ2) is 8.11. The summed E-state index contributed by atoms with van der Waals surface area (Å²) in [5.74, 6) is -0.0707. The molecule has 0 bridgehead atoms. The van der Waals surface area contributed by atoms with E-state index in [-0.39, 0.29) is 11.8 Å². The Balaban J connectivity index is 2.11. The normalized spacial score (nSPS) is 24.9. The third-order valence-corrected chi connectivity index (χ3v) is 5.09. The summed E-state index contributed by atoms with van der Waals surface area (Å²) in [6, 6.07) is 0. The molecule has 1 N–H and O–H groups in total. The highest BCUT2D eigenvalue weighted by Gasteiger charge is 2.44. The maximum absolute atomic E-state index is 13.0. The first-order valence-electron chi connectivity index (χ1n) is 8.94. The summed E-state index contributed by atoms with van der Waals surface area (Å²) < 4.78 is 5.61. The average Bonchev–Trinajstić information content (AvgIpc) is 2.56. The summed E-state index contributed by atoms with van der Waals surface area (Å²) in [4.78, 5) is 29.6. The van der Waals surface area contributed by atoms with Crippen LogP contribution in [-0.2, 0) is 14.3 Å². The Morgan fingerprint density at radius 3 is 2.43 bits per heavy atom. The minimum absolute atomic E-state index is 0.0692. The van der Waals surface area contributed by atoms with E-state index in [9.17, 15) is 9.59 Å². The SMILES string of the molecule is CCN(CC)C(=O)C1(NC(=O)C2CN(C)CCO2)CCCCC1. The van der Waals surface area contributed by atoms with Crippen LogP contribution in [0.25, 0.3) is 0 Å². The van der Waals surface area contributed by atoms with E-state index in [1.807, 2.05) is 25.8 Å². The number of carbonyl (C=O) groups excluding carboxylic acids is 2. The zero-order valence-electron chi connectivity index (χ0n) is 14.8. The van der Waals surface area contributed by atoms with E-state index in [1.165, 1.54) is 0 Å². The lowest BCUT2D eigenvalue weighted by Crippen LogP contribution is -2.63.